The van der Waals surface area contributed by atoms with Crippen LogP contribution in [-0.4, -0.2) is 14.2 Å². The van der Waals surface area contributed by atoms with Gasteiger partial charge in [-0.05, 0) is 56.0 Å². The largest absolute Gasteiger partial charge is 0.497 e. The summed E-state index contributed by atoms with van der Waals surface area (Å²) in [4.78, 5) is 0. The molecule has 23 heavy (non-hydrogen) atoms. The van der Waals surface area contributed by atoms with E-state index >= 15 is 0 Å². The summed E-state index contributed by atoms with van der Waals surface area (Å²) in [6.45, 7) is 9.48. The second-order valence-electron chi connectivity index (χ2n) is 6.07. The number of ether oxygens (including phenoxy) is 2. The van der Waals surface area contributed by atoms with Crippen molar-refractivity contribution in [3.05, 3.63) is 58.1 Å². The van der Waals surface area contributed by atoms with E-state index in [9.17, 15) is 0 Å². The van der Waals surface area contributed by atoms with Gasteiger partial charge in [-0.15, -0.1) is 0 Å². The Balaban J connectivity index is 2.14. The summed E-state index contributed by atoms with van der Waals surface area (Å²) < 4.78 is 10.8. The SMILES string of the molecule is COc1ccc(C(C)NCc2cc(C)c(C)cc2C)c(OC)c1. The Morgan fingerprint density at radius 2 is 1.61 bits per heavy atom. The lowest BCUT2D eigenvalue weighted by Gasteiger charge is -2.19. The Morgan fingerprint density at radius 1 is 0.913 bits per heavy atom. The Kier molecular flexibility index (Phi) is 5.67. The van der Waals surface area contributed by atoms with Crippen LogP contribution in [0.15, 0.2) is 30.3 Å². The van der Waals surface area contributed by atoms with Gasteiger partial charge >= 0.3 is 0 Å². The van der Waals surface area contributed by atoms with Crippen molar-refractivity contribution in [3.63, 3.8) is 0 Å². The third kappa shape index (κ3) is 4.05. The molecule has 0 aliphatic heterocycles. The first kappa shape index (κ1) is 17.4. The fraction of sp³-hybridized carbons (Fsp3) is 0.400. The van der Waals surface area contributed by atoms with E-state index in [0.29, 0.717) is 0 Å². The first-order valence-corrected chi connectivity index (χ1v) is 7.98. The van der Waals surface area contributed by atoms with Gasteiger partial charge in [0.2, 0.25) is 0 Å². The van der Waals surface area contributed by atoms with Crippen LogP contribution in [0.5, 0.6) is 11.5 Å². The van der Waals surface area contributed by atoms with E-state index in [1.54, 1.807) is 14.2 Å². The number of rotatable bonds is 6. The highest BCUT2D eigenvalue weighted by atomic mass is 16.5. The summed E-state index contributed by atoms with van der Waals surface area (Å²) >= 11 is 0. The zero-order valence-electron chi connectivity index (χ0n) is 15.0. The zero-order valence-corrected chi connectivity index (χ0v) is 15.0. The van der Waals surface area contributed by atoms with E-state index in [1.165, 1.54) is 22.3 Å². The van der Waals surface area contributed by atoms with Gasteiger partial charge in [0.15, 0.2) is 0 Å². The molecule has 124 valence electrons. The first-order valence-electron chi connectivity index (χ1n) is 7.98. The molecule has 0 aromatic heterocycles. The van der Waals surface area contributed by atoms with Crippen molar-refractivity contribution >= 4 is 0 Å². The second-order valence-corrected chi connectivity index (χ2v) is 6.07. The number of aryl methyl sites for hydroxylation is 3. The molecule has 1 N–H and O–H groups in total. The van der Waals surface area contributed by atoms with Gasteiger partial charge in [0, 0.05) is 24.2 Å². The van der Waals surface area contributed by atoms with Gasteiger partial charge < -0.3 is 14.8 Å². The van der Waals surface area contributed by atoms with Crippen molar-refractivity contribution in [2.75, 3.05) is 14.2 Å². The minimum Gasteiger partial charge on any atom is -0.497 e. The third-order valence-electron chi connectivity index (χ3n) is 4.46. The molecule has 0 heterocycles. The lowest BCUT2D eigenvalue weighted by molar-refractivity contribution is 0.385. The summed E-state index contributed by atoms with van der Waals surface area (Å²) in [6.07, 6.45) is 0. The molecule has 0 aliphatic carbocycles. The van der Waals surface area contributed by atoms with Crippen molar-refractivity contribution in [2.24, 2.45) is 0 Å². The van der Waals surface area contributed by atoms with Crippen molar-refractivity contribution in [3.8, 4) is 11.5 Å². The molecule has 0 saturated carbocycles. The number of hydrogen-bond donors (Lipinski definition) is 1. The van der Waals surface area contributed by atoms with Crippen molar-refractivity contribution < 1.29 is 9.47 Å². The predicted molar refractivity (Wildman–Crippen MR) is 95.5 cm³/mol. The highest BCUT2D eigenvalue weighted by Gasteiger charge is 2.13. The Morgan fingerprint density at radius 3 is 2.26 bits per heavy atom. The van der Waals surface area contributed by atoms with E-state index in [-0.39, 0.29) is 6.04 Å². The molecule has 0 amide bonds. The van der Waals surface area contributed by atoms with Crippen LogP contribution in [0.4, 0.5) is 0 Å². The summed E-state index contributed by atoms with van der Waals surface area (Å²) in [5.41, 5.74) is 6.48. The summed E-state index contributed by atoms with van der Waals surface area (Å²) in [5, 5.41) is 3.59. The van der Waals surface area contributed by atoms with Crippen LogP contribution in [0.2, 0.25) is 0 Å². The maximum atomic E-state index is 5.50. The summed E-state index contributed by atoms with van der Waals surface area (Å²) in [6, 6.07) is 10.7. The molecular weight excluding hydrogens is 286 g/mol. The van der Waals surface area contributed by atoms with Gasteiger partial charge in [0.25, 0.3) is 0 Å². The van der Waals surface area contributed by atoms with Gasteiger partial charge in [-0.1, -0.05) is 18.2 Å². The van der Waals surface area contributed by atoms with Crippen LogP contribution in [-0.2, 0) is 6.54 Å². The quantitative estimate of drug-likeness (QED) is 0.853. The average molecular weight is 313 g/mol. The molecule has 2 rings (SSSR count). The van der Waals surface area contributed by atoms with E-state index < -0.39 is 0 Å². The van der Waals surface area contributed by atoms with Gasteiger partial charge in [0.05, 0.1) is 14.2 Å². The van der Waals surface area contributed by atoms with E-state index in [0.717, 1.165) is 23.6 Å². The molecule has 0 aliphatic rings. The molecule has 3 nitrogen and oxygen atoms in total. The van der Waals surface area contributed by atoms with E-state index in [1.807, 2.05) is 12.1 Å². The minimum absolute atomic E-state index is 0.192. The number of methoxy groups -OCH3 is 2. The fourth-order valence-electron chi connectivity index (χ4n) is 2.76. The Hall–Kier alpha value is -2.00. The maximum Gasteiger partial charge on any atom is 0.127 e. The monoisotopic (exact) mass is 313 g/mol. The smallest absolute Gasteiger partial charge is 0.127 e. The lowest BCUT2D eigenvalue weighted by Crippen LogP contribution is -2.19. The normalized spacial score (nSPS) is 12.1. The molecule has 0 bridgehead atoms. The van der Waals surface area contributed by atoms with Crippen LogP contribution in [0.1, 0.15) is 40.8 Å². The fourth-order valence-corrected chi connectivity index (χ4v) is 2.76. The summed E-state index contributed by atoms with van der Waals surface area (Å²) in [7, 11) is 3.36. The molecule has 1 unspecified atom stereocenters. The molecule has 0 saturated heterocycles. The van der Waals surface area contributed by atoms with Crippen molar-refractivity contribution in [1.29, 1.82) is 0 Å². The number of nitrogens with one attached hydrogen (secondary N) is 1. The van der Waals surface area contributed by atoms with Crippen LogP contribution >= 0.6 is 0 Å². The van der Waals surface area contributed by atoms with E-state index in [2.05, 4.69) is 51.2 Å². The topological polar surface area (TPSA) is 30.5 Å². The number of hydrogen-bond acceptors (Lipinski definition) is 3. The zero-order chi connectivity index (χ0) is 17.0. The molecule has 3 heteroatoms. The van der Waals surface area contributed by atoms with Gasteiger partial charge in [-0.3, -0.25) is 0 Å². The maximum absolute atomic E-state index is 5.50. The minimum atomic E-state index is 0.192. The highest BCUT2D eigenvalue weighted by molar-refractivity contribution is 5.42. The highest BCUT2D eigenvalue weighted by Crippen LogP contribution is 2.29. The molecule has 2 aromatic rings. The van der Waals surface area contributed by atoms with Crippen LogP contribution in [0.3, 0.4) is 0 Å². The van der Waals surface area contributed by atoms with E-state index in [4.69, 9.17) is 9.47 Å². The Labute approximate surface area is 139 Å². The van der Waals surface area contributed by atoms with Crippen molar-refractivity contribution in [1.82, 2.24) is 5.32 Å². The van der Waals surface area contributed by atoms with Gasteiger partial charge in [0.1, 0.15) is 11.5 Å². The summed E-state index contributed by atoms with van der Waals surface area (Å²) in [5.74, 6) is 1.66. The Bertz CT molecular complexity index is 680. The molecule has 0 fully saturated rings. The standard InChI is InChI=1S/C20H27NO2/c1-13-9-15(3)17(10-14(13)2)12-21-16(4)19-8-7-18(22-5)11-20(19)23-6/h7-11,16,21H,12H2,1-6H3. The second kappa shape index (κ2) is 7.51. The van der Waals surface area contributed by atoms with Gasteiger partial charge in [-0.25, -0.2) is 0 Å². The van der Waals surface area contributed by atoms with Crippen LogP contribution < -0.4 is 14.8 Å². The first-order chi connectivity index (χ1) is 11.0. The van der Waals surface area contributed by atoms with Crippen LogP contribution in [0.25, 0.3) is 0 Å². The van der Waals surface area contributed by atoms with Crippen LogP contribution in [0, 0.1) is 20.8 Å². The number of benzene rings is 2. The molecule has 0 radical (unpaired) electrons. The van der Waals surface area contributed by atoms with Gasteiger partial charge in [-0.2, -0.15) is 0 Å². The average Bonchev–Trinajstić information content (AvgIpc) is 2.55. The third-order valence-corrected chi connectivity index (χ3v) is 4.46. The lowest BCUT2D eigenvalue weighted by atomic mass is 10.00. The molecular formula is C20H27NO2. The molecule has 0 spiro atoms. The van der Waals surface area contributed by atoms with Crippen molar-refractivity contribution in [2.45, 2.75) is 40.3 Å². The predicted octanol–water partition coefficient (Wildman–Crippen LogP) is 4.48. The molecule has 1 atom stereocenters. The molecule has 2 aromatic carbocycles.